The molecule has 1 atom stereocenters. The van der Waals surface area contributed by atoms with Crippen LogP contribution in [0, 0.1) is 26.2 Å². The minimum atomic E-state index is -0.101. The monoisotopic (exact) mass is 502 g/mol. The Kier molecular flexibility index (Phi) is 4.90. The van der Waals surface area contributed by atoms with Crippen LogP contribution in [-0.2, 0) is 14.9 Å². The maximum Gasteiger partial charge on any atom is 0.253 e. The van der Waals surface area contributed by atoms with Gasteiger partial charge in [0.2, 0.25) is 5.91 Å². The summed E-state index contributed by atoms with van der Waals surface area (Å²) in [5, 5.41) is 4.46. The SMILES string of the molecule is COC1CN(C(=O)C23CC(c4ccc(N5CC[C@@H](Oc6c(C)nc7nc(C)nn7c6C)C5)cc4)(C2)C3)C1. The van der Waals surface area contributed by atoms with Crippen LogP contribution in [0.5, 0.6) is 5.75 Å². The molecule has 9 nitrogen and oxygen atoms in total. The van der Waals surface area contributed by atoms with Crippen LogP contribution in [0.15, 0.2) is 24.3 Å². The number of hydrogen-bond acceptors (Lipinski definition) is 7. The van der Waals surface area contributed by atoms with Crippen molar-refractivity contribution in [3.05, 3.63) is 47.0 Å². The Morgan fingerprint density at radius 3 is 2.43 bits per heavy atom. The predicted molar refractivity (Wildman–Crippen MR) is 138 cm³/mol. The van der Waals surface area contributed by atoms with E-state index in [1.54, 1.807) is 11.6 Å². The average molecular weight is 503 g/mol. The number of anilines is 1. The lowest BCUT2D eigenvalue weighted by Gasteiger charge is -2.71. The van der Waals surface area contributed by atoms with Gasteiger partial charge in [-0.1, -0.05) is 12.1 Å². The molecule has 9 heteroatoms. The summed E-state index contributed by atoms with van der Waals surface area (Å²) in [5.74, 6) is 2.48. The number of fused-ring (bicyclic) bond motifs is 1. The smallest absolute Gasteiger partial charge is 0.253 e. The van der Waals surface area contributed by atoms with Crippen molar-refractivity contribution in [3.8, 4) is 5.75 Å². The molecule has 5 fully saturated rings. The van der Waals surface area contributed by atoms with E-state index < -0.39 is 0 Å². The second kappa shape index (κ2) is 7.90. The summed E-state index contributed by atoms with van der Waals surface area (Å²) >= 11 is 0. The van der Waals surface area contributed by atoms with Gasteiger partial charge in [0.1, 0.15) is 11.9 Å². The van der Waals surface area contributed by atoms with E-state index in [4.69, 9.17) is 9.47 Å². The number of rotatable bonds is 6. The van der Waals surface area contributed by atoms with E-state index in [0.29, 0.717) is 17.5 Å². The van der Waals surface area contributed by atoms with Crippen LogP contribution in [0.4, 0.5) is 5.69 Å². The van der Waals surface area contributed by atoms with Gasteiger partial charge in [-0.05, 0) is 63.1 Å². The second-order valence-corrected chi connectivity index (χ2v) is 11.7. The summed E-state index contributed by atoms with van der Waals surface area (Å²) in [6, 6.07) is 9.04. The fourth-order valence-corrected chi connectivity index (χ4v) is 7.09. The molecule has 194 valence electrons. The zero-order chi connectivity index (χ0) is 25.5. The van der Waals surface area contributed by atoms with Crippen molar-refractivity contribution >= 4 is 17.4 Å². The van der Waals surface area contributed by atoms with Crippen LogP contribution in [-0.4, -0.2) is 75.9 Å². The highest BCUT2D eigenvalue weighted by atomic mass is 16.5. The summed E-state index contributed by atoms with van der Waals surface area (Å²) in [6.45, 7) is 9.17. The lowest BCUT2D eigenvalue weighted by molar-refractivity contribution is -0.196. The van der Waals surface area contributed by atoms with Gasteiger partial charge in [-0.3, -0.25) is 4.79 Å². The second-order valence-electron chi connectivity index (χ2n) is 11.7. The van der Waals surface area contributed by atoms with Crippen molar-refractivity contribution in [2.45, 2.75) is 64.1 Å². The van der Waals surface area contributed by atoms with Gasteiger partial charge >= 0.3 is 0 Å². The molecule has 3 aliphatic carbocycles. The van der Waals surface area contributed by atoms with Gasteiger partial charge in [-0.2, -0.15) is 9.50 Å². The van der Waals surface area contributed by atoms with Crippen LogP contribution in [0.3, 0.4) is 0 Å². The number of ether oxygens (including phenoxy) is 2. The zero-order valence-electron chi connectivity index (χ0n) is 22.0. The fourth-order valence-electron chi connectivity index (χ4n) is 7.09. The zero-order valence-corrected chi connectivity index (χ0v) is 22.0. The third-order valence-electron chi connectivity index (χ3n) is 9.17. The summed E-state index contributed by atoms with van der Waals surface area (Å²) in [6.07, 6.45) is 4.27. The van der Waals surface area contributed by atoms with Gasteiger partial charge in [-0.15, -0.1) is 5.10 Å². The number of amides is 1. The minimum absolute atomic E-state index is 0.101. The van der Waals surface area contributed by atoms with E-state index in [0.717, 1.165) is 69.0 Å². The highest BCUT2D eigenvalue weighted by molar-refractivity contribution is 5.88. The molecule has 8 rings (SSSR count). The molecule has 2 aliphatic heterocycles. The largest absolute Gasteiger partial charge is 0.485 e. The van der Waals surface area contributed by atoms with Crippen molar-refractivity contribution in [2.24, 2.45) is 5.41 Å². The van der Waals surface area contributed by atoms with Crippen LogP contribution in [0.1, 0.15) is 48.5 Å². The first-order valence-electron chi connectivity index (χ1n) is 13.3. The first kappa shape index (κ1) is 23.0. The van der Waals surface area contributed by atoms with Crippen molar-refractivity contribution in [1.29, 1.82) is 0 Å². The van der Waals surface area contributed by atoms with Crippen LogP contribution < -0.4 is 9.64 Å². The molecule has 1 aromatic carbocycles. The average Bonchev–Trinajstić information content (AvgIpc) is 3.41. The molecule has 2 saturated heterocycles. The number of carbonyl (C=O) groups excluding carboxylic acids is 1. The maximum atomic E-state index is 12.9. The Labute approximate surface area is 216 Å². The summed E-state index contributed by atoms with van der Waals surface area (Å²) in [7, 11) is 1.72. The van der Waals surface area contributed by atoms with Crippen LogP contribution in [0.2, 0.25) is 0 Å². The predicted octanol–water partition coefficient (Wildman–Crippen LogP) is 2.99. The summed E-state index contributed by atoms with van der Waals surface area (Å²) in [4.78, 5) is 26.3. The molecular weight excluding hydrogens is 468 g/mol. The maximum absolute atomic E-state index is 12.9. The number of aryl methyl sites for hydroxylation is 3. The number of methoxy groups -OCH3 is 1. The van der Waals surface area contributed by atoms with E-state index in [2.05, 4.69) is 44.2 Å². The molecule has 1 amide bonds. The van der Waals surface area contributed by atoms with Crippen molar-refractivity contribution < 1.29 is 14.3 Å². The summed E-state index contributed by atoms with van der Waals surface area (Å²) < 4.78 is 13.6. The Morgan fingerprint density at radius 1 is 1.00 bits per heavy atom. The van der Waals surface area contributed by atoms with E-state index in [-0.39, 0.29) is 23.0 Å². The van der Waals surface area contributed by atoms with Gasteiger partial charge in [0.15, 0.2) is 5.75 Å². The van der Waals surface area contributed by atoms with Crippen molar-refractivity contribution in [1.82, 2.24) is 24.5 Å². The molecule has 4 heterocycles. The molecular formula is C28H34N6O3. The molecule has 3 saturated carbocycles. The van der Waals surface area contributed by atoms with E-state index >= 15 is 0 Å². The molecule has 5 aliphatic rings. The van der Waals surface area contributed by atoms with Gasteiger partial charge in [0, 0.05) is 38.9 Å². The van der Waals surface area contributed by atoms with Crippen LogP contribution >= 0.6 is 0 Å². The molecule has 0 spiro atoms. The molecule has 3 aromatic rings. The fraction of sp³-hybridized carbons (Fsp3) is 0.571. The van der Waals surface area contributed by atoms with Crippen molar-refractivity contribution in [3.63, 3.8) is 0 Å². The first-order valence-corrected chi connectivity index (χ1v) is 13.3. The summed E-state index contributed by atoms with van der Waals surface area (Å²) in [5.41, 5.74) is 4.50. The normalized spacial score (nSPS) is 28.7. The number of likely N-dealkylation sites (tertiary alicyclic amines) is 1. The number of benzene rings is 1. The molecule has 2 aromatic heterocycles. The third kappa shape index (κ3) is 3.39. The minimum Gasteiger partial charge on any atom is -0.485 e. The Balaban J connectivity index is 0.979. The Bertz CT molecular complexity index is 1370. The standard InChI is InChI=1S/C28H34N6O3/c1-17-24(18(2)34-26(29-17)30-19(3)31-34)37-22-9-10-32(11-22)21-7-5-20(6-8-21)27-14-28(15-27,16-27)25(35)33-12-23(13-33)36-4/h5-8,22-23H,9-16H2,1-4H3/t22-,27?,28?/m1/s1. The van der Waals surface area contributed by atoms with E-state index in [1.807, 2.05) is 25.7 Å². The molecule has 0 unspecified atom stereocenters. The third-order valence-corrected chi connectivity index (χ3v) is 9.17. The van der Waals surface area contributed by atoms with Gasteiger partial charge in [-0.25, -0.2) is 4.98 Å². The Hall–Kier alpha value is -3.20. The highest BCUT2D eigenvalue weighted by Gasteiger charge is 2.72. The molecule has 0 radical (unpaired) electrons. The van der Waals surface area contributed by atoms with Crippen LogP contribution in [0.25, 0.3) is 5.78 Å². The van der Waals surface area contributed by atoms with Gasteiger partial charge in [0.05, 0.1) is 29.5 Å². The lowest BCUT2D eigenvalue weighted by Crippen LogP contribution is -2.72. The molecule has 2 bridgehead atoms. The van der Waals surface area contributed by atoms with Crippen molar-refractivity contribution in [2.75, 3.05) is 38.2 Å². The number of aromatic nitrogens is 4. The molecule has 0 N–H and O–H groups in total. The topological polar surface area (TPSA) is 85.1 Å². The highest BCUT2D eigenvalue weighted by Crippen LogP contribution is 2.74. The number of carbonyl (C=O) groups is 1. The Morgan fingerprint density at radius 2 is 1.73 bits per heavy atom. The first-order chi connectivity index (χ1) is 17.8. The number of hydrogen-bond donors (Lipinski definition) is 0. The quantitative estimate of drug-likeness (QED) is 0.512. The van der Waals surface area contributed by atoms with Gasteiger partial charge in [0.25, 0.3) is 5.78 Å². The van der Waals surface area contributed by atoms with E-state index in [9.17, 15) is 4.79 Å². The van der Waals surface area contributed by atoms with Gasteiger partial charge < -0.3 is 19.3 Å². The lowest BCUT2D eigenvalue weighted by atomic mass is 9.33. The number of nitrogens with zero attached hydrogens (tertiary/aromatic N) is 6. The van der Waals surface area contributed by atoms with E-state index in [1.165, 1.54) is 11.3 Å². The molecule has 37 heavy (non-hydrogen) atoms.